The van der Waals surface area contributed by atoms with Gasteiger partial charge in [-0.15, -0.1) is 10.2 Å². The monoisotopic (exact) mass is 634 g/mol. The number of aromatic nitrogens is 2. The number of hydrogen-bond acceptors (Lipinski definition) is 13. The van der Waals surface area contributed by atoms with Gasteiger partial charge in [0.1, 0.15) is 11.6 Å². The Kier molecular flexibility index (Phi) is 9.26. The Morgan fingerprint density at radius 3 is 2.45 bits per heavy atom. The van der Waals surface area contributed by atoms with Gasteiger partial charge in [0.25, 0.3) is 0 Å². The summed E-state index contributed by atoms with van der Waals surface area (Å²) in [6, 6.07) is 12.8. The number of nitrogens with zero attached hydrogens (tertiary/aromatic N) is 4. The Morgan fingerprint density at radius 1 is 1.09 bits per heavy atom. The fraction of sp³-hybridized carbons (Fsp3) is 0.300. The minimum Gasteiger partial charge on any atom is -0.496 e. The largest absolute Gasteiger partial charge is 0.496 e. The number of carbonyl (C=O) groups is 2. The fourth-order valence-electron chi connectivity index (χ4n) is 5.35. The molecular formula is C30H30N6O6S2. The predicted molar refractivity (Wildman–Crippen MR) is 166 cm³/mol. The number of nitrogens with one attached hydrogen (secondary N) is 1. The number of hydrogen-bond donors (Lipinski definition) is 2. The van der Waals surface area contributed by atoms with Gasteiger partial charge in [-0.2, -0.15) is 5.26 Å². The van der Waals surface area contributed by atoms with Crippen LogP contribution in [0.15, 0.2) is 63.4 Å². The van der Waals surface area contributed by atoms with E-state index in [2.05, 4.69) is 21.6 Å². The standard InChI is InChI=1S/C30H30N6O6S2/c1-39-21-11-6-5-8-17(21)25-18(14-31)28(32)36(19-9-7-10-20(37)26(19)25)29-34-35-30(44-29)43-15-24(38)33-16-12-22(40-2)27(42-4)23(13-16)41-3/h5-6,8,11-13,25H,7,9-10,15,32H2,1-4H3,(H,33,38). The van der Waals surface area contributed by atoms with Crippen molar-refractivity contribution >= 4 is 45.6 Å². The summed E-state index contributed by atoms with van der Waals surface area (Å²) in [6.45, 7) is 0. The van der Waals surface area contributed by atoms with Crippen LogP contribution in [0.5, 0.6) is 23.0 Å². The Balaban J connectivity index is 1.39. The molecule has 228 valence electrons. The van der Waals surface area contributed by atoms with Gasteiger partial charge in [-0.25, -0.2) is 0 Å². The highest BCUT2D eigenvalue weighted by molar-refractivity contribution is 8.01. The molecule has 44 heavy (non-hydrogen) atoms. The van der Waals surface area contributed by atoms with Crippen LogP contribution in [0.3, 0.4) is 0 Å². The molecule has 1 unspecified atom stereocenters. The zero-order valence-electron chi connectivity index (χ0n) is 24.5. The Bertz CT molecular complexity index is 1690. The fourth-order valence-corrected chi connectivity index (χ4v) is 7.03. The number of anilines is 2. The van der Waals surface area contributed by atoms with Crippen molar-refractivity contribution in [3.63, 3.8) is 0 Å². The molecule has 0 radical (unpaired) electrons. The molecule has 0 saturated heterocycles. The van der Waals surface area contributed by atoms with Crippen molar-refractivity contribution in [2.45, 2.75) is 29.5 Å². The zero-order valence-corrected chi connectivity index (χ0v) is 26.1. The number of nitrogens with two attached hydrogens (primary N) is 1. The lowest BCUT2D eigenvalue weighted by Crippen LogP contribution is -2.38. The maximum Gasteiger partial charge on any atom is 0.234 e. The average molecular weight is 635 g/mol. The summed E-state index contributed by atoms with van der Waals surface area (Å²) in [5, 5.41) is 22.1. The van der Waals surface area contributed by atoms with Crippen molar-refractivity contribution in [3.8, 4) is 29.1 Å². The average Bonchev–Trinajstić information content (AvgIpc) is 3.51. The summed E-state index contributed by atoms with van der Waals surface area (Å²) in [5.41, 5.74) is 9.28. The van der Waals surface area contributed by atoms with E-state index in [9.17, 15) is 14.9 Å². The van der Waals surface area contributed by atoms with Gasteiger partial charge in [-0.05, 0) is 18.9 Å². The quantitative estimate of drug-likeness (QED) is 0.298. The van der Waals surface area contributed by atoms with E-state index in [-0.39, 0.29) is 28.8 Å². The number of benzene rings is 2. The first kappa shape index (κ1) is 30.7. The van der Waals surface area contributed by atoms with Gasteiger partial charge in [0.15, 0.2) is 21.6 Å². The van der Waals surface area contributed by atoms with Crippen LogP contribution < -0.4 is 34.9 Å². The number of rotatable bonds is 10. The molecule has 1 aliphatic heterocycles. The number of allylic oxidation sites excluding steroid dienone is 3. The third-order valence-corrected chi connectivity index (χ3v) is 9.27. The molecule has 1 amide bonds. The normalized spacial score (nSPS) is 16.3. The summed E-state index contributed by atoms with van der Waals surface area (Å²) in [5.74, 6) is 1.05. The van der Waals surface area contributed by atoms with Gasteiger partial charge in [-0.3, -0.25) is 14.5 Å². The number of Topliss-reactive ketones (excluding diaryl/α,β-unsaturated/α-hetero) is 1. The van der Waals surface area contributed by atoms with Crippen LogP contribution >= 0.6 is 23.1 Å². The highest BCUT2D eigenvalue weighted by Crippen LogP contribution is 2.49. The molecule has 1 atom stereocenters. The second-order valence-corrected chi connectivity index (χ2v) is 11.8. The molecule has 3 aromatic rings. The molecule has 12 nitrogen and oxygen atoms in total. The summed E-state index contributed by atoms with van der Waals surface area (Å²) in [7, 11) is 6.05. The number of ketones is 1. The zero-order chi connectivity index (χ0) is 31.4. The number of amides is 1. The minimum absolute atomic E-state index is 0.0440. The van der Waals surface area contributed by atoms with Crippen molar-refractivity contribution in [1.29, 1.82) is 5.26 Å². The molecule has 0 saturated carbocycles. The summed E-state index contributed by atoms with van der Waals surface area (Å²) in [6.07, 6.45) is 1.59. The van der Waals surface area contributed by atoms with Gasteiger partial charge in [0, 0.05) is 41.1 Å². The molecule has 1 aromatic heterocycles. The molecule has 5 rings (SSSR count). The molecule has 3 N–H and O–H groups in total. The van der Waals surface area contributed by atoms with E-state index >= 15 is 0 Å². The van der Waals surface area contributed by atoms with E-state index in [1.807, 2.05) is 18.2 Å². The van der Waals surface area contributed by atoms with E-state index < -0.39 is 5.92 Å². The second-order valence-electron chi connectivity index (χ2n) is 9.66. The highest BCUT2D eigenvalue weighted by atomic mass is 32.2. The molecule has 2 aromatic carbocycles. The van der Waals surface area contributed by atoms with Crippen molar-refractivity contribution < 1.29 is 28.5 Å². The second kappa shape index (κ2) is 13.3. The molecule has 2 heterocycles. The van der Waals surface area contributed by atoms with Crippen molar-refractivity contribution in [3.05, 3.63) is 64.6 Å². The lowest BCUT2D eigenvalue weighted by molar-refractivity contribution is -0.116. The van der Waals surface area contributed by atoms with Gasteiger partial charge in [0.2, 0.25) is 16.8 Å². The third-order valence-electron chi connectivity index (χ3n) is 7.23. The van der Waals surface area contributed by atoms with Crippen LogP contribution in [-0.4, -0.2) is 56.1 Å². The van der Waals surface area contributed by atoms with Crippen LogP contribution in [0.4, 0.5) is 10.8 Å². The predicted octanol–water partition coefficient (Wildman–Crippen LogP) is 4.61. The topological polar surface area (TPSA) is 162 Å². The molecule has 1 aliphatic carbocycles. The van der Waals surface area contributed by atoms with Crippen molar-refractivity contribution in [1.82, 2.24) is 10.2 Å². The van der Waals surface area contributed by atoms with Gasteiger partial charge < -0.3 is 30.0 Å². The first-order chi connectivity index (χ1) is 21.3. The van der Waals surface area contributed by atoms with E-state index in [1.54, 1.807) is 30.2 Å². The van der Waals surface area contributed by atoms with E-state index in [0.717, 1.165) is 0 Å². The molecule has 14 heteroatoms. The number of ether oxygens (including phenoxy) is 4. The lowest BCUT2D eigenvalue weighted by Gasteiger charge is -2.38. The van der Waals surface area contributed by atoms with E-state index in [4.69, 9.17) is 24.7 Å². The number of nitriles is 1. The lowest BCUT2D eigenvalue weighted by atomic mass is 9.75. The smallest absolute Gasteiger partial charge is 0.234 e. The number of carbonyl (C=O) groups excluding carboxylic acids is 2. The van der Waals surface area contributed by atoms with Crippen LogP contribution in [0, 0.1) is 11.3 Å². The Labute approximate surface area is 262 Å². The number of thioether (sulfide) groups is 1. The van der Waals surface area contributed by atoms with Gasteiger partial charge >= 0.3 is 0 Å². The van der Waals surface area contributed by atoms with Crippen molar-refractivity contribution in [2.24, 2.45) is 5.73 Å². The van der Waals surface area contributed by atoms with Crippen LogP contribution in [0.25, 0.3) is 0 Å². The number of methoxy groups -OCH3 is 4. The molecule has 0 bridgehead atoms. The SMILES string of the molecule is COc1ccccc1C1C(C#N)=C(N)N(c2nnc(SCC(=O)Nc3cc(OC)c(OC)c(OC)c3)s2)C2=C1C(=O)CCC2. The van der Waals surface area contributed by atoms with Crippen LogP contribution in [0.1, 0.15) is 30.7 Å². The van der Waals surface area contributed by atoms with Gasteiger partial charge in [-0.1, -0.05) is 41.3 Å². The molecule has 0 fully saturated rings. The number of para-hydroxylation sites is 1. The molecular weight excluding hydrogens is 605 g/mol. The van der Waals surface area contributed by atoms with E-state index in [1.165, 1.54) is 44.4 Å². The minimum atomic E-state index is -0.657. The molecule has 2 aliphatic rings. The van der Waals surface area contributed by atoms with Crippen LogP contribution in [0.2, 0.25) is 0 Å². The summed E-state index contributed by atoms with van der Waals surface area (Å²) in [4.78, 5) is 27.9. The van der Waals surface area contributed by atoms with Gasteiger partial charge in [0.05, 0.1) is 51.8 Å². The third kappa shape index (κ3) is 5.76. The van der Waals surface area contributed by atoms with E-state index in [0.29, 0.717) is 74.3 Å². The Hall–Kier alpha value is -4.74. The first-order valence-corrected chi connectivity index (χ1v) is 15.3. The maximum atomic E-state index is 13.4. The summed E-state index contributed by atoms with van der Waals surface area (Å²) >= 11 is 2.42. The first-order valence-electron chi connectivity index (χ1n) is 13.5. The molecule has 0 spiro atoms. The highest BCUT2D eigenvalue weighted by Gasteiger charge is 2.42. The van der Waals surface area contributed by atoms with Crippen molar-refractivity contribution in [2.75, 3.05) is 44.4 Å². The Morgan fingerprint density at radius 2 is 1.80 bits per heavy atom. The summed E-state index contributed by atoms with van der Waals surface area (Å²) < 4.78 is 22.1. The van der Waals surface area contributed by atoms with Crippen LogP contribution in [-0.2, 0) is 9.59 Å². The maximum absolute atomic E-state index is 13.4.